The first-order chi connectivity index (χ1) is 13.8. The molecule has 3 heterocycles. The molecule has 2 fully saturated rings. The monoisotopic (exact) mass is 342 g/mol. The Morgan fingerprint density at radius 3 is 3.24 bits per heavy atom. The van der Waals surface area contributed by atoms with E-state index in [2.05, 4.69) is 17.1 Å². The van der Waals surface area contributed by atoms with Crippen LogP contribution in [0.5, 0.6) is 0 Å². The Bertz CT molecular complexity index is 951. The average Bonchev–Trinajstić information content (AvgIpc) is 3.24. The van der Waals surface area contributed by atoms with Crippen LogP contribution in [-0.2, 0) is 14.9 Å². The molecule has 0 bridgehead atoms. The van der Waals surface area contributed by atoms with Crippen LogP contribution < -0.4 is 5.32 Å². The molecule has 1 spiro atoms. The largest absolute Gasteiger partial charge is 0.466 e. The van der Waals surface area contributed by atoms with E-state index in [1.165, 1.54) is 13.2 Å². The number of ether oxygens (including phenoxy) is 1. The summed E-state index contributed by atoms with van der Waals surface area (Å²) >= 11 is 0. The molecule has 25 heavy (non-hydrogen) atoms. The second kappa shape index (κ2) is 5.10. The zero-order chi connectivity index (χ0) is 20.7. The van der Waals surface area contributed by atoms with Crippen molar-refractivity contribution in [2.75, 3.05) is 25.5 Å². The number of rotatable bonds is 2. The minimum absolute atomic E-state index is 0.0255. The number of hydrogen-bond acceptors (Lipinski definition) is 4. The van der Waals surface area contributed by atoms with Crippen molar-refractivity contribution in [2.45, 2.75) is 50.4 Å². The maximum atomic E-state index is 12.9. The lowest BCUT2D eigenvalue weighted by Crippen LogP contribution is -2.59. The highest BCUT2D eigenvalue weighted by Gasteiger charge is 2.65. The number of carbonyl (C=O) groups is 1. The first kappa shape index (κ1) is 11.7. The lowest BCUT2D eigenvalue weighted by molar-refractivity contribution is -0.137. The van der Waals surface area contributed by atoms with E-state index in [1.807, 2.05) is 6.07 Å². The fourth-order valence-corrected chi connectivity index (χ4v) is 5.87. The Labute approximate surface area is 154 Å². The van der Waals surface area contributed by atoms with E-state index in [1.54, 1.807) is 0 Å². The number of nitrogens with one attached hydrogen (secondary N) is 1. The standard InChI is InChI=1S/C21H26N2O2/c1-3-20-9-6-11-23-12-10-21(19(20)23)15-7-4-5-8-16(15)22-17(21)14(13-20)18(24)25-2/h4-5,7-8,19,22H,3,6,9-13H2,1-2H3/t19-,20-,21-/m0/s1/i4D,6D,8D,9D/t6?,9?,19-,20-,21-. The van der Waals surface area contributed by atoms with E-state index in [4.69, 9.17) is 10.2 Å². The smallest absolute Gasteiger partial charge is 0.335 e. The van der Waals surface area contributed by atoms with E-state index in [0.717, 1.165) is 24.2 Å². The number of anilines is 1. The molecule has 3 aliphatic heterocycles. The van der Waals surface area contributed by atoms with E-state index in [9.17, 15) is 4.79 Å². The highest BCUT2D eigenvalue weighted by atomic mass is 16.5. The molecular formula is C21H26N2O2. The molecule has 1 N–H and O–H groups in total. The number of carbonyl (C=O) groups excluding carboxylic acids is 1. The zero-order valence-electron chi connectivity index (χ0n) is 18.7. The number of hydrogen-bond donors (Lipinski definition) is 1. The molecule has 0 saturated carbocycles. The Hall–Kier alpha value is -1.81. The van der Waals surface area contributed by atoms with Gasteiger partial charge in [-0.1, -0.05) is 25.1 Å². The van der Waals surface area contributed by atoms with Crippen molar-refractivity contribution < 1.29 is 15.0 Å². The number of nitrogens with zero attached hydrogens (tertiary/aromatic N) is 1. The summed E-state index contributed by atoms with van der Waals surface area (Å²) < 4.78 is 39.3. The van der Waals surface area contributed by atoms with Crippen molar-refractivity contribution in [2.24, 2.45) is 5.41 Å². The lowest BCUT2D eigenvalue weighted by Gasteiger charge is -2.56. The summed E-state index contributed by atoms with van der Waals surface area (Å²) in [6, 6.07) is 3.86. The molecule has 1 aromatic carbocycles. The van der Waals surface area contributed by atoms with Gasteiger partial charge in [0.1, 0.15) is 0 Å². The Morgan fingerprint density at radius 2 is 2.44 bits per heavy atom. The van der Waals surface area contributed by atoms with Gasteiger partial charge in [0.25, 0.3) is 0 Å². The quantitative estimate of drug-likeness (QED) is 0.836. The van der Waals surface area contributed by atoms with Crippen LogP contribution in [0.15, 0.2) is 35.5 Å². The van der Waals surface area contributed by atoms with Gasteiger partial charge in [0.05, 0.1) is 20.8 Å². The Kier molecular flexibility index (Phi) is 2.40. The van der Waals surface area contributed by atoms with Gasteiger partial charge in [-0.3, -0.25) is 4.90 Å². The molecule has 0 radical (unpaired) electrons. The van der Waals surface area contributed by atoms with Crippen LogP contribution in [0.3, 0.4) is 0 Å². The molecule has 2 unspecified atom stereocenters. The third-order valence-electron chi connectivity index (χ3n) is 6.83. The maximum absolute atomic E-state index is 12.9. The molecule has 2 saturated heterocycles. The van der Waals surface area contributed by atoms with Gasteiger partial charge in [0.15, 0.2) is 0 Å². The van der Waals surface area contributed by atoms with Gasteiger partial charge in [-0.05, 0) is 62.2 Å². The first-order valence-electron chi connectivity index (χ1n) is 11.2. The summed E-state index contributed by atoms with van der Waals surface area (Å²) in [5.74, 6) is -0.402. The van der Waals surface area contributed by atoms with E-state index < -0.39 is 29.6 Å². The van der Waals surface area contributed by atoms with Crippen LogP contribution in [0.1, 0.15) is 50.0 Å². The van der Waals surface area contributed by atoms with Crippen LogP contribution in [0.25, 0.3) is 0 Å². The molecule has 4 heteroatoms. The zero-order valence-corrected chi connectivity index (χ0v) is 14.7. The fraction of sp³-hybridized carbons (Fsp3) is 0.571. The van der Waals surface area contributed by atoms with E-state index >= 15 is 0 Å². The first-order valence-corrected chi connectivity index (χ1v) is 9.09. The molecule has 0 aromatic heterocycles. The van der Waals surface area contributed by atoms with E-state index in [-0.39, 0.29) is 18.1 Å². The molecule has 4 nitrogen and oxygen atoms in total. The molecule has 0 amide bonds. The second-order valence-electron chi connectivity index (χ2n) is 7.64. The topological polar surface area (TPSA) is 41.6 Å². The SMILES string of the molecule is [2H]c1cc([2H])c2c(c1)[C@@]13CCN4CC([2H])C([2H])[C@@](CC)(CC(C(=O)OC)=C1N2)[C@H]43. The highest BCUT2D eigenvalue weighted by Crippen LogP contribution is 2.65. The summed E-state index contributed by atoms with van der Waals surface area (Å²) in [4.78, 5) is 15.2. The van der Waals surface area contributed by atoms with Crippen molar-refractivity contribution in [1.82, 2.24) is 4.90 Å². The fourth-order valence-electron chi connectivity index (χ4n) is 5.87. The van der Waals surface area contributed by atoms with Gasteiger partial charge in [-0.15, -0.1) is 0 Å². The van der Waals surface area contributed by atoms with Crippen molar-refractivity contribution in [3.63, 3.8) is 0 Å². The van der Waals surface area contributed by atoms with Gasteiger partial charge in [-0.2, -0.15) is 0 Å². The van der Waals surface area contributed by atoms with Gasteiger partial charge in [0, 0.05) is 20.2 Å². The third kappa shape index (κ3) is 1.74. The molecular weight excluding hydrogens is 312 g/mol. The Balaban J connectivity index is 1.85. The predicted molar refractivity (Wildman–Crippen MR) is 97.3 cm³/mol. The van der Waals surface area contributed by atoms with Crippen LogP contribution >= 0.6 is 0 Å². The number of piperidine rings is 1. The number of para-hydroxylation sites is 1. The Morgan fingerprint density at radius 1 is 1.56 bits per heavy atom. The third-order valence-corrected chi connectivity index (χ3v) is 6.83. The molecule has 4 aliphatic rings. The van der Waals surface area contributed by atoms with Crippen molar-refractivity contribution >= 4 is 11.7 Å². The summed E-state index contributed by atoms with van der Waals surface area (Å²) in [6.45, 7) is 3.39. The van der Waals surface area contributed by atoms with Crippen LogP contribution in [0.2, 0.25) is 0 Å². The number of benzene rings is 1. The second-order valence-corrected chi connectivity index (χ2v) is 7.64. The minimum Gasteiger partial charge on any atom is -0.466 e. The molecule has 1 aromatic rings. The lowest BCUT2D eigenvalue weighted by atomic mass is 9.53. The predicted octanol–water partition coefficient (Wildman–Crippen LogP) is 3.45. The molecule has 5 atom stereocenters. The molecule has 132 valence electrons. The summed E-state index contributed by atoms with van der Waals surface area (Å²) in [5, 5.41) is 3.39. The van der Waals surface area contributed by atoms with Gasteiger partial charge in [-0.25, -0.2) is 4.79 Å². The normalized spacial score (nSPS) is 43.8. The van der Waals surface area contributed by atoms with Gasteiger partial charge >= 0.3 is 5.97 Å². The van der Waals surface area contributed by atoms with Gasteiger partial charge in [0.2, 0.25) is 0 Å². The number of esters is 1. The highest BCUT2D eigenvalue weighted by molar-refractivity contribution is 5.93. The number of methoxy groups -OCH3 is 1. The minimum atomic E-state index is -0.608. The molecule has 1 aliphatic carbocycles. The van der Waals surface area contributed by atoms with E-state index in [0.29, 0.717) is 30.6 Å². The van der Waals surface area contributed by atoms with Crippen molar-refractivity contribution in [3.05, 3.63) is 41.1 Å². The summed E-state index contributed by atoms with van der Waals surface area (Å²) in [6.07, 6.45) is 0.711. The van der Waals surface area contributed by atoms with Crippen LogP contribution in [0.4, 0.5) is 5.69 Å². The molecule has 5 rings (SSSR count). The summed E-state index contributed by atoms with van der Waals surface area (Å²) in [5.41, 5.74) is 1.80. The van der Waals surface area contributed by atoms with Crippen molar-refractivity contribution in [1.29, 1.82) is 0 Å². The number of fused-ring (bicyclic) bond motifs is 1. The van der Waals surface area contributed by atoms with Crippen LogP contribution in [-0.4, -0.2) is 37.1 Å². The average molecular weight is 342 g/mol. The van der Waals surface area contributed by atoms with Crippen LogP contribution in [0, 0.1) is 5.41 Å². The maximum Gasteiger partial charge on any atom is 0.335 e. The van der Waals surface area contributed by atoms with Crippen molar-refractivity contribution in [3.8, 4) is 0 Å². The van der Waals surface area contributed by atoms with Gasteiger partial charge < -0.3 is 10.1 Å². The summed E-state index contributed by atoms with van der Waals surface area (Å²) in [7, 11) is 1.38.